The second-order valence-corrected chi connectivity index (χ2v) is 2.93. The minimum atomic E-state index is -0.420. The Labute approximate surface area is 99.6 Å². The molecule has 0 amide bonds. The number of aliphatic hydroxyl groups is 1. The molecule has 1 aromatic rings. The molecule has 2 nitrogen and oxygen atoms in total. The molecule has 0 aliphatic rings. The fraction of sp³-hybridized carbons (Fsp3) is 0.400. The van der Waals surface area contributed by atoms with Gasteiger partial charge in [0.15, 0.2) is 0 Å². The van der Waals surface area contributed by atoms with Crippen LogP contribution in [0.15, 0.2) is 30.3 Å². The van der Waals surface area contributed by atoms with Gasteiger partial charge in [-0.05, 0) is 19.5 Å². The minimum Gasteiger partial charge on any atom is -0.387 e. The largest absolute Gasteiger partial charge is 0.387 e. The van der Waals surface area contributed by atoms with Crippen LogP contribution < -0.4 is 5.32 Å². The van der Waals surface area contributed by atoms with Gasteiger partial charge in [0.1, 0.15) is 0 Å². The van der Waals surface area contributed by atoms with E-state index >= 15 is 0 Å². The van der Waals surface area contributed by atoms with Crippen molar-refractivity contribution in [2.75, 3.05) is 7.05 Å². The van der Waals surface area contributed by atoms with Crippen molar-refractivity contribution in [3.8, 4) is 0 Å². The smallest absolute Gasteiger partial charge is 0.0940 e. The fourth-order valence-electron chi connectivity index (χ4n) is 1.10. The maximum absolute atomic E-state index is 9.73. The molecule has 0 aliphatic heterocycles. The van der Waals surface area contributed by atoms with Gasteiger partial charge in [0, 0.05) is 6.04 Å². The number of likely N-dealkylation sites (N-methyl/N-ethyl adjacent to an activating group) is 1. The van der Waals surface area contributed by atoms with Gasteiger partial charge in [0.25, 0.3) is 0 Å². The normalized spacial score (nSPS) is 13.4. The molecule has 0 bridgehead atoms. The Kier molecular flexibility index (Phi) is 9.50. The van der Waals surface area contributed by atoms with E-state index in [1.165, 1.54) is 0 Å². The molecule has 1 rings (SSSR count). The number of hydrogen-bond donors (Lipinski definition) is 2. The molecule has 0 aromatic heterocycles. The quantitative estimate of drug-likeness (QED) is 0.830. The average Bonchev–Trinajstić information content (AvgIpc) is 2.17. The van der Waals surface area contributed by atoms with Gasteiger partial charge in [-0.1, -0.05) is 30.3 Å². The van der Waals surface area contributed by atoms with E-state index in [9.17, 15) is 5.11 Å². The molecule has 0 fully saturated rings. The zero-order valence-electron chi connectivity index (χ0n) is 8.49. The van der Waals surface area contributed by atoms with E-state index < -0.39 is 6.10 Å². The van der Waals surface area contributed by atoms with Crippen LogP contribution >= 0.6 is 27.0 Å². The average molecular weight is 233 g/mol. The molecule has 0 radical (unpaired) electrons. The summed E-state index contributed by atoms with van der Waals surface area (Å²) in [5.74, 6) is 0. The van der Waals surface area contributed by atoms with Gasteiger partial charge in [0.2, 0.25) is 0 Å². The lowest BCUT2D eigenvalue weighted by molar-refractivity contribution is 0.140. The first-order chi connectivity index (χ1) is 5.75. The molecule has 0 saturated carbocycles. The van der Waals surface area contributed by atoms with Gasteiger partial charge in [-0.2, -0.15) is 27.0 Å². The molecule has 2 N–H and O–H groups in total. The zero-order chi connectivity index (χ0) is 8.97. The highest BCUT2D eigenvalue weighted by molar-refractivity contribution is 7.59. The second kappa shape index (κ2) is 8.17. The van der Waals surface area contributed by atoms with Gasteiger partial charge in [-0.25, -0.2) is 0 Å². The summed E-state index contributed by atoms with van der Waals surface area (Å²) in [4.78, 5) is 0. The summed E-state index contributed by atoms with van der Waals surface area (Å²) < 4.78 is 0. The molecular formula is C10H19NOS2. The SMILES string of the molecule is CN[C@@H](C)[C@@H](O)c1ccccc1.S.S. The van der Waals surface area contributed by atoms with Crippen molar-refractivity contribution in [1.29, 1.82) is 0 Å². The lowest BCUT2D eigenvalue weighted by Crippen LogP contribution is -2.28. The highest BCUT2D eigenvalue weighted by Crippen LogP contribution is 2.15. The molecule has 0 heterocycles. The molecule has 4 heteroatoms. The standard InChI is InChI=1S/C10H15NO.2H2S/c1-8(11-2)10(12)9-6-4-3-5-7-9;;/h3-8,10-12H,1-2H3;2*1H2/t8-,10+;;/m0../s1. The van der Waals surface area contributed by atoms with E-state index in [1.54, 1.807) is 0 Å². The molecule has 0 aliphatic carbocycles. The Hall–Kier alpha value is -0.160. The van der Waals surface area contributed by atoms with Crippen LogP contribution in [0, 0.1) is 0 Å². The van der Waals surface area contributed by atoms with E-state index in [1.807, 2.05) is 44.3 Å². The summed E-state index contributed by atoms with van der Waals surface area (Å²) in [5, 5.41) is 12.7. The molecule has 0 unspecified atom stereocenters. The predicted octanol–water partition coefficient (Wildman–Crippen LogP) is 1.55. The summed E-state index contributed by atoms with van der Waals surface area (Å²) >= 11 is 0. The van der Waals surface area contributed by atoms with Crippen molar-refractivity contribution < 1.29 is 5.11 Å². The fourth-order valence-corrected chi connectivity index (χ4v) is 1.10. The maximum Gasteiger partial charge on any atom is 0.0940 e. The highest BCUT2D eigenvalue weighted by atomic mass is 32.1. The van der Waals surface area contributed by atoms with Gasteiger partial charge in [0.05, 0.1) is 6.10 Å². The van der Waals surface area contributed by atoms with Crippen LogP contribution in [0.5, 0.6) is 0 Å². The summed E-state index contributed by atoms with van der Waals surface area (Å²) in [6, 6.07) is 9.76. The third-order valence-electron chi connectivity index (χ3n) is 2.07. The van der Waals surface area contributed by atoms with Crippen LogP contribution in [0.2, 0.25) is 0 Å². The number of benzene rings is 1. The number of aliphatic hydroxyl groups excluding tert-OH is 1. The minimum absolute atomic E-state index is 0. The summed E-state index contributed by atoms with van der Waals surface area (Å²) in [6.45, 7) is 1.96. The molecule has 1 aromatic carbocycles. The van der Waals surface area contributed by atoms with Crippen LogP contribution in [0.3, 0.4) is 0 Å². The van der Waals surface area contributed by atoms with E-state index in [0.717, 1.165) is 5.56 Å². The summed E-state index contributed by atoms with van der Waals surface area (Å²) in [5.41, 5.74) is 0.958. The van der Waals surface area contributed by atoms with E-state index in [2.05, 4.69) is 5.32 Å². The number of hydrogen-bond acceptors (Lipinski definition) is 2. The van der Waals surface area contributed by atoms with Gasteiger partial charge in [-0.15, -0.1) is 0 Å². The Bertz CT molecular complexity index is 231. The van der Waals surface area contributed by atoms with Gasteiger partial charge in [-0.3, -0.25) is 0 Å². The first-order valence-corrected chi connectivity index (χ1v) is 4.16. The van der Waals surface area contributed by atoms with Crippen molar-refractivity contribution in [3.63, 3.8) is 0 Å². The lowest BCUT2D eigenvalue weighted by Gasteiger charge is -2.17. The van der Waals surface area contributed by atoms with Crippen LogP contribution in [0.25, 0.3) is 0 Å². The highest BCUT2D eigenvalue weighted by Gasteiger charge is 2.12. The predicted molar refractivity (Wildman–Crippen MR) is 70.7 cm³/mol. The monoisotopic (exact) mass is 233 g/mol. The number of nitrogens with one attached hydrogen (secondary N) is 1. The van der Waals surface area contributed by atoms with Gasteiger partial charge >= 0.3 is 0 Å². The summed E-state index contributed by atoms with van der Waals surface area (Å²) in [6.07, 6.45) is -0.420. The van der Waals surface area contributed by atoms with Crippen molar-refractivity contribution in [3.05, 3.63) is 35.9 Å². The molecule has 0 spiro atoms. The van der Waals surface area contributed by atoms with E-state index in [4.69, 9.17) is 0 Å². The van der Waals surface area contributed by atoms with E-state index in [-0.39, 0.29) is 33.0 Å². The molecule has 82 valence electrons. The Balaban J connectivity index is 0. The van der Waals surface area contributed by atoms with Crippen LogP contribution in [-0.2, 0) is 0 Å². The third-order valence-corrected chi connectivity index (χ3v) is 2.07. The Morgan fingerprint density at radius 1 is 1.14 bits per heavy atom. The van der Waals surface area contributed by atoms with Gasteiger partial charge < -0.3 is 10.4 Å². The zero-order valence-corrected chi connectivity index (χ0v) is 10.5. The lowest BCUT2D eigenvalue weighted by atomic mass is 10.0. The Morgan fingerprint density at radius 3 is 2.07 bits per heavy atom. The first kappa shape index (κ1) is 16.3. The van der Waals surface area contributed by atoms with Crippen molar-refractivity contribution >= 4 is 27.0 Å². The van der Waals surface area contributed by atoms with E-state index in [0.29, 0.717) is 0 Å². The van der Waals surface area contributed by atoms with Crippen LogP contribution in [-0.4, -0.2) is 18.2 Å². The molecule has 0 saturated heterocycles. The van der Waals surface area contributed by atoms with Crippen LogP contribution in [0.4, 0.5) is 0 Å². The van der Waals surface area contributed by atoms with Crippen molar-refractivity contribution in [1.82, 2.24) is 5.32 Å². The third kappa shape index (κ3) is 4.37. The summed E-state index contributed by atoms with van der Waals surface area (Å²) in [7, 11) is 1.84. The van der Waals surface area contributed by atoms with Crippen LogP contribution in [0.1, 0.15) is 18.6 Å². The molecular weight excluding hydrogens is 214 g/mol. The van der Waals surface area contributed by atoms with Crippen molar-refractivity contribution in [2.24, 2.45) is 0 Å². The Morgan fingerprint density at radius 2 is 1.64 bits per heavy atom. The first-order valence-electron chi connectivity index (χ1n) is 4.16. The van der Waals surface area contributed by atoms with Crippen molar-refractivity contribution in [2.45, 2.75) is 19.1 Å². The maximum atomic E-state index is 9.73. The number of rotatable bonds is 3. The molecule has 14 heavy (non-hydrogen) atoms. The topological polar surface area (TPSA) is 32.3 Å². The second-order valence-electron chi connectivity index (χ2n) is 2.93. The molecule has 2 atom stereocenters.